The third-order valence-corrected chi connectivity index (χ3v) is 5.65. The molecule has 0 N–H and O–H groups in total. The molecule has 0 spiro atoms. The molecule has 3 amide bonds. The number of thioether (sulfide) groups is 1. The van der Waals surface area contributed by atoms with E-state index < -0.39 is 0 Å². The Balaban J connectivity index is 1.72. The molecule has 2 saturated heterocycles. The normalized spacial score (nSPS) is 25.8. The van der Waals surface area contributed by atoms with Crippen molar-refractivity contribution in [3.63, 3.8) is 0 Å². The highest BCUT2D eigenvalue weighted by atomic mass is 32.2. The van der Waals surface area contributed by atoms with Crippen molar-refractivity contribution in [3.8, 4) is 0 Å². The largest absolute Gasteiger partial charge is 0.336 e. The van der Waals surface area contributed by atoms with Crippen LogP contribution in [0.3, 0.4) is 0 Å². The molecule has 6 heteroatoms. The molecule has 2 atom stereocenters. The zero-order valence-corrected chi connectivity index (χ0v) is 15.3. The van der Waals surface area contributed by atoms with Gasteiger partial charge in [-0.05, 0) is 56.5 Å². The van der Waals surface area contributed by atoms with Gasteiger partial charge in [0.1, 0.15) is 6.54 Å². The van der Waals surface area contributed by atoms with Crippen molar-refractivity contribution in [1.29, 1.82) is 0 Å². The number of piperidine rings is 1. The summed E-state index contributed by atoms with van der Waals surface area (Å²) in [6.45, 7) is 3.87. The Bertz CT molecular complexity index is 707. The molecule has 2 aliphatic rings. The Morgan fingerprint density at radius 1 is 1.16 bits per heavy atom. The van der Waals surface area contributed by atoms with Crippen LogP contribution in [0.4, 0.5) is 4.79 Å². The molecular weight excluding hydrogens is 336 g/mol. The van der Waals surface area contributed by atoms with E-state index >= 15 is 0 Å². The average Bonchev–Trinajstić information content (AvgIpc) is 2.83. The number of nitrogens with zero attached hydrogens (tertiary/aromatic N) is 2. The second-order valence-corrected chi connectivity index (χ2v) is 7.60. The molecule has 0 bridgehead atoms. The molecule has 2 aliphatic heterocycles. The monoisotopic (exact) mass is 358 g/mol. The van der Waals surface area contributed by atoms with Gasteiger partial charge in [0.2, 0.25) is 5.91 Å². The first-order valence-electron chi connectivity index (χ1n) is 8.59. The summed E-state index contributed by atoms with van der Waals surface area (Å²) in [6, 6.07) is 9.68. The number of hydrogen-bond donors (Lipinski definition) is 0. The summed E-state index contributed by atoms with van der Waals surface area (Å²) in [7, 11) is 0. The number of amides is 3. The number of likely N-dealkylation sites (tertiary alicyclic amines) is 1. The number of imide groups is 1. The molecule has 2 heterocycles. The van der Waals surface area contributed by atoms with Gasteiger partial charge in [-0.25, -0.2) is 0 Å². The SMILES string of the molecule is CC1CCCC(C)N1C(=O)CN1C(=O)S/C(=C/c2ccccc2)C1=O. The molecule has 25 heavy (non-hydrogen) atoms. The van der Waals surface area contributed by atoms with Crippen LogP contribution in [0.2, 0.25) is 0 Å². The van der Waals surface area contributed by atoms with E-state index in [-0.39, 0.29) is 35.7 Å². The molecule has 132 valence electrons. The summed E-state index contributed by atoms with van der Waals surface area (Å²) in [6.07, 6.45) is 4.73. The summed E-state index contributed by atoms with van der Waals surface area (Å²) in [4.78, 5) is 40.7. The predicted molar refractivity (Wildman–Crippen MR) is 98.7 cm³/mol. The van der Waals surface area contributed by atoms with Crippen LogP contribution in [0.1, 0.15) is 38.7 Å². The van der Waals surface area contributed by atoms with E-state index in [0.717, 1.165) is 41.5 Å². The van der Waals surface area contributed by atoms with Crippen LogP contribution in [-0.4, -0.2) is 45.5 Å². The fourth-order valence-corrected chi connectivity index (χ4v) is 4.31. The van der Waals surface area contributed by atoms with Gasteiger partial charge >= 0.3 is 0 Å². The van der Waals surface area contributed by atoms with E-state index in [9.17, 15) is 14.4 Å². The molecule has 1 aromatic rings. The number of carbonyl (C=O) groups excluding carboxylic acids is 3. The lowest BCUT2D eigenvalue weighted by Gasteiger charge is -2.39. The van der Waals surface area contributed by atoms with Crippen molar-refractivity contribution in [2.24, 2.45) is 0 Å². The van der Waals surface area contributed by atoms with Gasteiger partial charge in [-0.1, -0.05) is 30.3 Å². The zero-order chi connectivity index (χ0) is 18.0. The van der Waals surface area contributed by atoms with Gasteiger partial charge in [0.15, 0.2) is 0 Å². The van der Waals surface area contributed by atoms with Crippen LogP contribution in [0, 0.1) is 0 Å². The van der Waals surface area contributed by atoms with E-state index in [2.05, 4.69) is 0 Å². The minimum atomic E-state index is -0.385. The van der Waals surface area contributed by atoms with E-state index in [1.807, 2.05) is 49.1 Å². The maximum atomic E-state index is 12.7. The topological polar surface area (TPSA) is 57.7 Å². The molecule has 1 aromatic carbocycles. The van der Waals surface area contributed by atoms with Crippen molar-refractivity contribution < 1.29 is 14.4 Å². The molecule has 2 unspecified atom stereocenters. The molecule has 3 rings (SSSR count). The second kappa shape index (κ2) is 7.44. The first kappa shape index (κ1) is 17.7. The van der Waals surface area contributed by atoms with Crippen molar-refractivity contribution in [2.75, 3.05) is 6.54 Å². The highest BCUT2D eigenvalue weighted by Crippen LogP contribution is 2.32. The fraction of sp³-hybridized carbons (Fsp3) is 0.421. The maximum Gasteiger partial charge on any atom is 0.294 e. The van der Waals surface area contributed by atoms with E-state index in [1.165, 1.54) is 0 Å². The lowest BCUT2D eigenvalue weighted by molar-refractivity contribution is -0.140. The van der Waals surface area contributed by atoms with Crippen molar-refractivity contribution >= 4 is 34.9 Å². The van der Waals surface area contributed by atoms with Gasteiger partial charge in [0.25, 0.3) is 11.1 Å². The molecule has 0 aromatic heterocycles. The van der Waals surface area contributed by atoms with Crippen molar-refractivity contribution in [3.05, 3.63) is 40.8 Å². The van der Waals surface area contributed by atoms with Gasteiger partial charge in [-0.3, -0.25) is 19.3 Å². The lowest BCUT2D eigenvalue weighted by atomic mass is 9.97. The van der Waals surface area contributed by atoms with Crippen LogP contribution >= 0.6 is 11.8 Å². The quantitative estimate of drug-likeness (QED) is 0.776. The van der Waals surface area contributed by atoms with E-state index in [0.29, 0.717) is 4.91 Å². The Morgan fingerprint density at radius 2 is 1.80 bits per heavy atom. The first-order chi connectivity index (χ1) is 12.0. The minimum absolute atomic E-state index is 0.149. The molecule has 0 aliphatic carbocycles. The Morgan fingerprint density at radius 3 is 2.44 bits per heavy atom. The first-order valence-corrected chi connectivity index (χ1v) is 9.40. The smallest absolute Gasteiger partial charge is 0.294 e. The van der Waals surface area contributed by atoms with Crippen LogP contribution in [0.5, 0.6) is 0 Å². The van der Waals surface area contributed by atoms with Crippen LogP contribution in [-0.2, 0) is 9.59 Å². The van der Waals surface area contributed by atoms with Gasteiger partial charge < -0.3 is 4.90 Å². The Labute approximate surface area is 152 Å². The predicted octanol–water partition coefficient (Wildman–Crippen LogP) is 3.51. The van der Waals surface area contributed by atoms with Gasteiger partial charge in [-0.15, -0.1) is 0 Å². The standard InChI is InChI=1S/C19H22N2O3S/c1-13-7-6-8-14(2)21(13)17(22)12-20-18(23)16(25-19(20)24)11-15-9-4-3-5-10-15/h3-5,9-11,13-14H,6-8,12H2,1-2H3/b16-11+. The third kappa shape index (κ3) is 3.79. The second-order valence-electron chi connectivity index (χ2n) is 6.61. The zero-order valence-electron chi connectivity index (χ0n) is 14.5. The number of carbonyl (C=O) groups is 3. The fourth-order valence-electron chi connectivity index (χ4n) is 3.47. The number of benzene rings is 1. The van der Waals surface area contributed by atoms with Gasteiger partial charge in [0.05, 0.1) is 4.91 Å². The van der Waals surface area contributed by atoms with Crippen LogP contribution < -0.4 is 0 Å². The van der Waals surface area contributed by atoms with Gasteiger partial charge in [0, 0.05) is 12.1 Å². The highest BCUT2D eigenvalue weighted by molar-refractivity contribution is 8.18. The molecule has 0 radical (unpaired) electrons. The molecule has 0 saturated carbocycles. The summed E-state index contributed by atoms with van der Waals surface area (Å²) in [5.41, 5.74) is 0.859. The number of hydrogen-bond acceptors (Lipinski definition) is 4. The van der Waals surface area contributed by atoms with Crippen LogP contribution in [0.15, 0.2) is 35.2 Å². The summed E-state index contributed by atoms with van der Waals surface area (Å²) >= 11 is 0.895. The summed E-state index contributed by atoms with van der Waals surface area (Å²) < 4.78 is 0. The molecule has 2 fully saturated rings. The Hall–Kier alpha value is -2.08. The van der Waals surface area contributed by atoms with Crippen molar-refractivity contribution in [2.45, 2.75) is 45.2 Å². The van der Waals surface area contributed by atoms with Gasteiger partial charge in [-0.2, -0.15) is 0 Å². The lowest BCUT2D eigenvalue weighted by Crippen LogP contribution is -2.51. The maximum absolute atomic E-state index is 12.7. The summed E-state index contributed by atoms with van der Waals surface area (Å²) in [5.74, 6) is -0.535. The molecular formula is C19H22N2O3S. The van der Waals surface area contributed by atoms with Crippen molar-refractivity contribution in [1.82, 2.24) is 9.80 Å². The highest BCUT2D eigenvalue weighted by Gasteiger charge is 2.38. The third-order valence-electron chi connectivity index (χ3n) is 4.75. The van der Waals surface area contributed by atoms with Crippen LogP contribution in [0.25, 0.3) is 6.08 Å². The minimum Gasteiger partial charge on any atom is -0.336 e. The molecule has 5 nitrogen and oxygen atoms in total. The number of rotatable bonds is 3. The average molecular weight is 358 g/mol. The summed E-state index contributed by atoms with van der Waals surface area (Å²) in [5, 5.41) is -0.377. The van der Waals surface area contributed by atoms with E-state index in [1.54, 1.807) is 6.08 Å². The van der Waals surface area contributed by atoms with E-state index in [4.69, 9.17) is 0 Å². The Kier molecular flexibility index (Phi) is 5.27.